The number of aromatic nitrogens is 2. The van der Waals surface area contributed by atoms with Crippen molar-refractivity contribution >= 4 is 17.5 Å². The molecule has 0 radical (unpaired) electrons. The van der Waals surface area contributed by atoms with Crippen molar-refractivity contribution in [3.63, 3.8) is 0 Å². The number of amides is 1. The Morgan fingerprint density at radius 1 is 0.889 bits per heavy atom. The molecule has 0 atom stereocenters. The Morgan fingerprint density at radius 3 is 2.15 bits per heavy atom. The Labute approximate surface area is 158 Å². The average Bonchev–Trinajstić information content (AvgIpc) is 2.69. The van der Waals surface area contributed by atoms with Crippen LogP contribution in [-0.2, 0) is 17.8 Å². The Hall–Kier alpha value is -3.41. The summed E-state index contributed by atoms with van der Waals surface area (Å²) in [5, 5.41) is 14.1. The lowest BCUT2D eigenvalue weighted by Crippen LogP contribution is -2.16. The number of hydrogen-bond acceptors (Lipinski definition) is 5. The third kappa shape index (κ3) is 5.54. The molecule has 2 aromatic carbocycles. The lowest BCUT2D eigenvalue weighted by molar-refractivity contribution is -0.115. The number of ether oxygens (including phenoxy) is 1. The van der Waals surface area contributed by atoms with Gasteiger partial charge in [-0.05, 0) is 42.3 Å². The minimum absolute atomic E-state index is 0.144. The predicted molar refractivity (Wildman–Crippen MR) is 106 cm³/mol. The van der Waals surface area contributed by atoms with Crippen molar-refractivity contribution in [2.75, 3.05) is 17.7 Å². The molecule has 27 heavy (non-hydrogen) atoms. The summed E-state index contributed by atoms with van der Waals surface area (Å²) in [6.07, 6.45) is 0.263. The predicted octanol–water partition coefficient (Wildman–Crippen LogP) is 3.59. The molecule has 1 heterocycles. The number of carbonyl (C=O) groups is 1. The first-order valence-corrected chi connectivity index (χ1v) is 8.68. The summed E-state index contributed by atoms with van der Waals surface area (Å²) in [7, 11) is 1.61. The van der Waals surface area contributed by atoms with Crippen molar-refractivity contribution in [2.24, 2.45) is 0 Å². The summed E-state index contributed by atoms with van der Waals surface area (Å²) in [6, 6.07) is 19.2. The van der Waals surface area contributed by atoms with Gasteiger partial charge in [0.1, 0.15) is 11.6 Å². The van der Waals surface area contributed by atoms with Crippen LogP contribution >= 0.6 is 0 Å². The van der Waals surface area contributed by atoms with Crippen molar-refractivity contribution in [3.05, 3.63) is 77.4 Å². The highest BCUT2D eigenvalue weighted by atomic mass is 16.5. The minimum atomic E-state index is -0.144. The fraction of sp³-hybridized carbons (Fsp3) is 0.190. The van der Waals surface area contributed by atoms with Crippen molar-refractivity contribution in [3.8, 4) is 5.75 Å². The molecule has 0 spiro atoms. The summed E-state index contributed by atoms with van der Waals surface area (Å²) in [4.78, 5) is 12.1. The molecule has 1 amide bonds. The number of benzene rings is 2. The van der Waals surface area contributed by atoms with E-state index in [4.69, 9.17) is 4.74 Å². The summed E-state index contributed by atoms with van der Waals surface area (Å²) < 4.78 is 5.11. The van der Waals surface area contributed by atoms with Crippen LogP contribution in [0.2, 0.25) is 0 Å². The number of hydrogen-bond donors (Lipinski definition) is 2. The highest BCUT2D eigenvalue weighted by molar-refractivity contribution is 5.91. The lowest BCUT2D eigenvalue weighted by atomic mass is 10.1. The van der Waals surface area contributed by atoms with Gasteiger partial charge in [0.05, 0.1) is 13.5 Å². The average molecular weight is 362 g/mol. The van der Waals surface area contributed by atoms with E-state index in [1.165, 1.54) is 11.1 Å². The first-order chi connectivity index (χ1) is 13.1. The number of methoxy groups -OCH3 is 1. The quantitative estimate of drug-likeness (QED) is 0.672. The number of nitrogens with one attached hydrogen (secondary N) is 2. The molecule has 0 unspecified atom stereocenters. The van der Waals surface area contributed by atoms with Crippen molar-refractivity contribution in [1.29, 1.82) is 0 Å². The van der Waals surface area contributed by atoms with Crippen LogP contribution in [0, 0.1) is 6.92 Å². The topological polar surface area (TPSA) is 76.1 Å². The number of carbonyl (C=O) groups excluding carboxylic acids is 1. The maximum atomic E-state index is 12.1. The molecule has 0 fully saturated rings. The second-order valence-electron chi connectivity index (χ2n) is 6.22. The highest BCUT2D eigenvalue weighted by Gasteiger charge is 2.06. The van der Waals surface area contributed by atoms with Gasteiger partial charge in [0.15, 0.2) is 5.82 Å². The molecule has 0 aliphatic carbocycles. The van der Waals surface area contributed by atoms with Gasteiger partial charge in [-0.3, -0.25) is 4.79 Å². The zero-order valence-corrected chi connectivity index (χ0v) is 15.4. The summed E-state index contributed by atoms with van der Waals surface area (Å²) in [6.45, 7) is 2.72. The second-order valence-corrected chi connectivity index (χ2v) is 6.22. The molecule has 2 N–H and O–H groups in total. The van der Waals surface area contributed by atoms with Gasteiger partial charge >= 0.3 is 0 Å². The molecule has 6 heteroatoms. The van der Waals surface area contributed by atoms with E-state index in [0.717, 1.165) is 11.3 Å². The zero-order chi connectivity index (χ0) is 19.1. The maximum absolute atomic E-state index is 12.1. The van der Waals surface area contributed by atoms with Gasteiger partial charge in [0.2, 0.25) is 5.91 Å². The highest BCUT2D eigenvalue weighted by Crippen LogP contribution is 2.13. The smallest absolute Gasteiger partial charge is 0.229 e. The van der Waals surface area contributed by atoms with E-state index in [0.29, 0.717) is 18.2 Å². The van der Waals surface area contributed by atoms with Gasteiger partial charge in [-0.25, -0.2) is 0 Å². The molecule has 0 aliphatic heterocycles. The van der Waals surface area contributed by atoms with Crippen molar-refractivity contribution < 1.29 is 9.53 Å². The third-order valence-corrected chi connectivity index (χ3v) is 4.05. The molecule has 3 rings (SSSR count). The van der Waals surface area contributed by atoms with E-state index in [2.05, 4.69) is 52.0 Å². The van der Waals surface area contributed by atoms with E-state index < -0.39 is 0 Å². The molecular weight excluding hydrogens is 340 g/mol. The van der Waals surface area contributed by atoms with Crippen LogP contribution in [0.25, 0.3) is 0 Å². The van der Waals surface area contributed by atoms with Gasteiger partial charge in [0, 0.05) is 6.54 Å². The van der Waals surface area contributed by atoms with E-state index in [-0.39, 0.29) is 12.3 Å². The number of nitrogens with zero attached hydrogens (tertiary/aromatic N) is 2. The largest absolute Gasteiger partial charge is 0.497 e. The SMILES string of the molecule is COc1ccc(CC(=O)Nc2ccc(NCc3ccc(C)cc3)nn2)cc1. The second kappa shape index (κ2) is 8.80. The number of aryl methyl sites for hydroxylation is 1. The summed E-state index contributed by atoms with van der Waals surface area (Å²) in [5.41, 5.74) is 3.30. The van der Waals surface area contributed by atoms with Crippen LogP contribution in [-0.4, -0.2) is 23.2 Å². The first kappa shape index (κ1) is 18.4. The van der Waals surface area contributed by atoms with E-state index >= 15 is 0 Å². The summed E-state index contributed by atoms with van der Waals surface area (Å²) >= 11 is 0. The van der Waals surface area contributed by atoms with E-state index in [1.807, 2.05) is 24.3 Å². The zero-order valence-electron chi connectivity index (χ0n) is 15.4. The van der Waals surface area contributed by atoms with Crippen LogP contribution in [0.1, 0.15) is 16.7 Å². The fourth-order valence-electron chi connectivity index (χ4n) is 2.51. The molecule has 3 aromatic rings. The maximum Gasteiger partial charge on any atom is 0.229 e. The summed E-state index contributed by atoms with van der Waals surface area (Å²) in [5.74, 6) is 1.70. The number of rotatable bonds is 7. The van der Waals surface area contributed by atoms with Crippen LogP contribution in [0.15, 0.2) is 60.7 Å². The number of anilines is 2. The Balaban J connectivity index is 1.50. The molecule has 0 aliphatic rings. The van der Waals surface area contributed by atoms with Crippen LogP contribution in [0.5, 0.6) is 5.75 Å². The van der Waals surface area contributed by atoms with Crippen LogP contribution < -0.4 is 15.4 Å². The molecule has 1 aromatic heterocycles. The van der Waals surface area contributed by atoms with Gasteiger partial charge < -0.3 is 15.4 Å². The Bertz CT molecular complexity index is 876. The van der Waals surface area contributed by atoms with Gasteiger partial charge in [-0.15, -0.1) is 10.2 Å². The molecule has 0 saturated heterocycles. The molecular formula is C21H22N4O2. The van der Waals surface area contributed by atoms with E-state index in [9.17, 15) is 4.79 Å². The van der Waals surface area contributed by atoms with Gasteiger partial charge in [-0.1, -0.05) is 42.0 Å². The molecule has 0 bridgehead atoms. The standard InChI is InChI=1S/C21H22N4O2/c1-15-3-5-17(6-4-15)14-22-19-11-12-20(25-24-19)23-21(26)13-16-7-9-18(27-2)10-8-16/h3-12H,13-14H2,1-2H3,(H,22,24)(H,23,25,26). The van der Waals surface area contributed by atoms with Crippen molar-refractivity contribution in [1.82, 2.24) is 10.2 Å². The van der Waals surface area contributed by atoms with E-state index in [1.54, 1.807) is 19.2 Å². The fourth-order valence-corrected chi connectivity index (χ4v) is 2.51. The van der Waals surface area contributed by atoms with Gasteiger partial charge in [0.25, 0.3) is 0 Å². The normalized spacial score (nSPS) is 10.3. The third-order valence-electron chi connectivity index (χ3n) is 4.05. The van der Waals surface area contributed by atoms with Crippen LogP contribution in [0.4, 0.5) is 11.6 Å². The Morgan fingerprint density at radius 2 is 1.52 bits per heavy atom. The van der Waals surface area contributed by atoms with Crippen molar-refractivity contribution in [2.45, 2.75) is 19.9 Å². The Kier molecular flexibility index (Phi) is 5.99. The van der Waals surface area contributed by atoms with Crippen LogP contribution in [0.3, 0.4) is 0 Å². The lowest BCUT2D eigenvalue weighted by Gasteiger charge is -2.07. The first-order valence-electron chi connectivity index (χ1n) is 8.68. The monoisotopic (exact) mass is 362 g/mol. The van der Waals surface area contributed by atoms with Gasteiger partial charge in [-0.2, -0.15) is 0 Å². The molecule has 0 saturated carbocycles. The molecule has 138 valence electrons. The minimum Gasteiger partial charge on any atom is -0.497 e. The molecule has 6 nitrogen and oxygen atoms in total.